The molecule has 0 bridgehead atoms. The number of rotatable bonds is 5. The Balaban J connectivity index is 1.45. The molecule has 3 aromatic rings. The van der Waals surface area contributed by atoms with E-state index in [-0.39, 0.29) is 24.3 Å². The van der Waals surface area contributed by atoms with E-state index in [1.807, 2.05) is 42.5 Å². The highest BCUT2D eigenvalue weighted by atomic mass is 35.5. The van der Waals surface area contributed by atoms with Gasteiger partial charge in [-0.15, -0.1) is 0 Å². The fourth-order valence-corrected chi connectivity index (χ4v) is 4.94. The highest BCUT2D eigenvalue weighted by Gasteiger charge is 2.42. The van der Waals surface area contributed by atoms with Crippen LogP contribution in [0.25, 0.3) is 0 Å². The Morgan fingerprint density at radius 1 is 0.941 bits per heavy atom. The molecule has 1 N–H and O–H groups in total. The Kier molecular flexibility index (Phi) is 6.07. The van der Waals surface area contributed by atoms with Crippen molar-refractivity contribution in [3.8, 4) is 0 Å². The second-order valence-corrected chi connectivity index (χ2v) is 8.94. The van der Waals surface area contributed by atoms with Crippen molar-refractivity contribution in [2.75, 3.05) is 11.4 Å². The zero-order valence-corrected chi connectivity index (χ0v) is 19.3. The second kappa shape index (κ2) is 9.31. The van der Waals surface area contributed by atoms with E-state index in [0.717, 1.165) is 12.0 Å². The molecule has 2 aliphatic rings. The number of anilines is 1. The molecular formula is C27H24ClN3O3. The molecule has 1 saturated heterocycles. The molecule has 0 spiro atoms. The van der Waals surface area contributed by atoms with Gasteiger partial charge in [0.05, 0.1) is 17.8 Å². The molecule has 0 saturated carbocycles. The molecule has 0 radical (unpaired) electrons. The Morgan fingerprint density at radius 3 is 2.47 bits per heavy atom. The molecular weight excluding hydrogens is 450 g/mol. The fourth-order valence-electron chi connectivity index (χ4n) is 4.74. The first kappa shape index (κ1) is 22.2. The van der Waals surface area contributed by atoms with Gasteiger partial charge in [0.15, 0.2) is 0 Å². The number of para-hydroxylation sites is 1. The van der Waals surface area contributed by atoms with Crippen molar-refractivity contribution in [3.63, 3.8) is 0 Å². The van der Waals surface area contributed by atoms with E-state index in [9.17, 15) is 14.4 Å². The van der Waals surface area contributed by atoms with Gasteiger partial charge < -0.3 is 15.1 Å². The molecule has 1 atom stereocenters. The Morgan fingerprint density at radius 2 is 1.65 bits per heavy atom. The Hall–Kier alpha value is -3.64. The molecule has 0 unspecified atom stereocenters. The second-order valence-electron chi connectivity index (χ2n) is 8.53. The van der Waals surface area contributed by atoms with Crippen LogP contribution in [-0.2, 0) is 17.9 Å². The average Bonchev–Trinajstić information content (AvgIpc) is 3.33. The maximum absolute atomic E-state index is 13.6. The molecule has 2 aliphatic heterocycles. The minimum Gasteiger partial charge on any atom is -0.348 e. The third-order valence-electron chi connectivity index (χ3n) is 6.48. The number of hydrogen-bond acceptors (Lipinski definition) is 3. The van der Waals surface area contributed by atoms with Gasteiger partial charge in [-0.05, 0) is 48.2 Å². The van der Waals surface area contributed by atoms with Crippen LogP contribution < -0.4 is 10.2 Å². The maximum atomic E-state index is 13.6. The van der Waals surface area contributed by atoms with Gasteiger partial charge in [0.2, 0.25) is 5.91 Å². The van der Waals surface area contributed by atoms with Crippen molar-refractivity contribution in [2.24, 2.45) is 0 Å². The topological polar surface area (TPSA) is 69.7 Å². The predicted octanol–water partition coefficient (Wildman–Crippen LogP) is 4.42. The summed E-state index contributed by atoms with van der Waals surface area (Å²) in [5.41, 5.74) is 3.12. The highest BCUT2D eigenvalue weighted by molar-refractivity contribution is 6.31. The zero-order valence-electron chi connectivity index (χ0n) is 18.5. The highest BCUT2D eigenvalue weighted by Crippen LogP contribution is 2.33. The lowest BCUT2D eigenvalue weighted by atomic mass is 10.0. The minimum atomic E-state index is -0.471. The lowest BCUT2D eigenvalue weighted by Gasteiger charge is -2.26. The van der Waals surface area contributed by atoms with Crippen molar-refractivity contribution in [3.05, 3.63) is 100 Å². The summed E-state index contributed by atoms with van der Waals surface area (Å²) < 4.78 is 0. The number of carbonyl (C=O) groups excluding carboxylic acids is 3. The lowest BCUT2D eigenvalue weighted by Crippen LogP contribution is -2.44. The van der Waals surface area contributed by atoms with Gasteiger partial charge in [0, 0.05) is 23.7 Å². The van der Waals surface area contributed by atoms with Crippen LogP contribution in [0.5, 0.6) is 0 Å². The molecule has 2 heterocycles. The molecule has 5 rings (SSSR count). The van der Waals surface area contributed by atoms with Crippen LogP contribution in [0.3, 0.4) is 0 Å². The summed E-state index contributed by atoms with van der Waals surface area (Å²) in [6.07, 6.45) is 1.45. The van der Waals surface area contributed by atoms with Gasteiger partial charge in [-0.3, -0.25) is 14.4 Å². The van der Waals surface area contributed by atoms with Crippen LogP contribution in [-0.4, -0.2) is 35.2 Å². The number of carbonyl (C=O) groups is 3. The standard InChI is InChI=1S/C27H24ClN3O3/c28-22-12-5-2-8-18(22)16-29-25(32)20-10-3-1-9-19(20)17-31-23-13-6-4-11-21(23)26(33)30-15-7-14-24(30)27(31)34/h1-6,8-13,24H,7,14-17H2,(H,29,32)/t24-/m1/s1. The molecule has 1 fully saturated rings. The van der Waals surface area contributed by atoms with Gasteiger partial charge in [-0.25, -0.2) is 0 Å². The number of nitrogens with zero attached hydrogens (tertiary/aromatic N) is 2. The van der Waals surface area contributed by atoms with Crippen LogP contribution in [0, 0.1) is 0 Å². The first-order valence-corrected chi connectivity index (χ1v) is 11.7. The molecule has 0 aliphatic carbocycles. The quantitative estimate of drug-likeness (QED) is 0.596. The van der Waals surface area contributed by atoms with E-state index in [1.54, 1.807) is 40.1 Å². The largest absolute Gasteiger partial charge is 0.348 e. The summed E-state index contributed by atoms with van der Waals surface area (Å²) >= 11 is 6.22. The third kappa shape index (κ3) is 4.05. The van der Waals surface area contributed by atoms with E-state index >= 15 is 0 Å². The molecule has 6 nitrogen and oxygen atoms in total. The third-order valence-corrected chi connectivity index (χ3v) is 6.85. The number of halogens is 1. The summed E-state index contributed by atoms with van der Waals surface area (Å²) in [6.45, 7) is 1.07. The van der Waals surface area contributed by atoms with Gasteiger partial charge in [0.1, 0.15) is 6.04 Å². The van der Waals surface area contributed by atoms with Gasteiger partial charge in [-0.1, -0.05) is 60.1 Å². The predicted molar refractivity (Wildman–Crippen MR) is 131 cm³/mol. The molecule has 0 aromatic heterocycles. The number of benzene rings is 3. The molecule has 3 amide bonds. The van der Waals surface area contributed by atoms with Gasteiger partial charge in [0.25, 0.3) is 11.8 Å². The van der Waals surface area contributed by atoms with Crippen molar-refractivity contribution in [1.82, 2.24) is 10.2 Å². The number of fused-ring (bicyclic) bond motifs is 2. The molecule has 34 heavy (non-hydrogen) atoms. The minimum absolute atomic E-state index is 0.109. The van der Waals surface area contributed by atoms with Crippen molar-refractivity contribution >= 4 is 35.0 Å². The van der Waals surface area contributed by atoms with E-state index < -0.39 is 6.04 Å². The van der Waals surface area contributed by atoms with Crippen LogP contribution in [0.1, 0.15) is 44.7 Å². The summed E-state index contributed by atoms with van der Waals surface area (Å²) in [6, 6.07) is 21.3. The maximum Gasteiger partial charge on any atom is 0.256 e. The van der Waals surface area contributed by atoms with Crippen LogP contribution >= 0.6 is 11.6 Å². The van der Waals surface area contributed by atoms with Crippen LogP contribution in [0.15, 0.2) is 72.8 Å². The number of hydrogen-bond donors (Lipinski definition) is 1. The Bertz CT molecular complexity index is 1280. The molecule has 7 heteroatoms. The summed E-state index contributed by atoms with van der Waals surface area (Å²) in [5.74, 6) is -0.466. The van der Waals surface area contributed by atoms with E-state index in [2.05, 4.69) is 5.32 Å². The smallest absolute Gasteiger partial charge is 0.256 e. The fraction of sp³-hybridized carbons (Fsp3) is 0.222. The summed E-state index contributed by atoms with van der Waals surface area (Å²) in [5, 5.41) is 3.52. The van der Waals surface area contributed by atoms with Crippen molar-refractivity contribution < 1.29 is 14.4 Å². The lowest BCUT2D eigenvalue weighted by molar-refractivity contribution is -0.122. The average molecular weight is 474 g/mol. The van der Waals surface area contributed by atoms with E-state index in [1.165, 1.54) is 0 Å². The van der Waals surface area contributed by atoms with Gasteiger partial charge >= 0.3 is 0 Å². The van der Waals surface area contributed by atoms with Crippen molar-refractivity contribution in [1.29, 1.82) is 0 Å². The van der Waals surface area contributed by atoms with Crippen molar-refractivity contribution in [2.45, 2.75) is 32.0 Å². The summed E-state index contributed by atoms with van der Waals surface area (Å²) in [7, 11) is 0. The van der Waals surface area contributed by atoms with E-state index in [4.69, 9.17) is 11.6 Å². The molecule has 172 valence electrons. The van der Waals surface area contributed by atoms with E-state index in [0.29, 0.717) is 46.9 Å². The first-order valence-electron chi connectivity index (χ1n) is 11.4. The molecule has 3 aromatic carbocycles. The van der Waals surface area contributed by atoms with Crippen LogP contribution in [0.4, 0.5) is 5.69 Å². The van der Waals surface area contributed by atoms with Gasteiger partial charge in [-0.2, -0.15) is 0 Å². The zero-order chi connectivity index (χ0) is 23.7. The monoisotopic (exact) mass is 473 g/mol. The SMILES string of the molecule is O=C(NCc1ccccc1Cl)c1ccccc1CN1C(=O)[C@H]2CCCN2C(=O)c2ccccc21. The number of nitrogens with one attached hydrogen (secondary N) is 1. The summed E-state index contributed by atoms with van der Waals surface area (Å²) in [4.78, 5) is 43.2. The Labute approximate surface area is 203 Å². The normalized spacial score (nSPS) is 17.3. The number of amides is 3. The first-order chi connectivity index (χ1) is 16.5. The van der Waals surface area contributed by atoms with Crippen LogP contribution in [0.2, 0.25) is 5.02 Å².